The SMILES string of the molecule is COC(=O)C1=CC(c2ccccc2)[C@@H]2C=C[C@H]1N(C(=O)Oc1ccccc1)C2. The number of carbonyl (C=O) groups is 2. The summed E-state index contributed by atoms with van der Waals surface area (Å²) in [6, 6.07) is 18.4. The molecule has 1 amide bonds. The van der Waals surface area contributed by atoms with E-state index in [1.807, 2.05) is 60.7 Å². The predicted molar refractivity (Wildman–Crippen MR) is 105 cm³/mol. The van der Waals surface area contributed by atoms with Crippen LogP contribution < -0.4 is 4.74 Å². The minimum atomic E-state index is -0.506. The number of ether oxygens (including phenoxy) is 2. The second kappa shape index (κ2) is 7.72. The molecule has 0 fully saturated rings. The van der Waals surface area contributed by atoms with E-state index < -0.39 is 18.1 Å². The van der Waals surface area contributed by atoms with Gasteiger partial charge in [-0.2, -0.15) is 0 Å². The fourth-order valence-corrected chi connectivity index (χ4v) is 3.84. The lowest BCUT2D eigenvalue weighted by Crippen LogP contribution is -2.47. The van der Waals surface area contributed by atoms with E-state index in [9.17, 15) is 9.59 Å². The molecule has 2 aromatic rings. The summed E-state index contributed by atoms with van der Waals surface area (Å²) in [6.07, 6.45) is 5.44. The first-order valence-electron chi connectivity index (χ1n) is 9.24. The fourth-order valence-electron chi connectivity index (χ4n) is 3.84. The quantitative estimate of drug-likeness (QED) is 0.602. The number of amides is 1. The van der Waals surface area contributed by atoms with Gasteiger partial charge in [0.1, 0.15) is 5.75 Å². The Balaban J connectivity index is 1.68. The lowest BCUT2D eigenvalue weighted by Gasteiger charge is -2.34. The zero-order valence-corrected chi connectivity index (χ0v) is 15.5. The normalized spacial score (nSPS) is 23.0. The van der Waals surface area contributed by atoms with Gasteiger partial charge in [-0.05, 0) is 17.7 Å². The van der Waals surface area contributed by atoms with E-state index in [1.54, 1.807) is 17.0 Å². The average molecular weight is 375 g/mol. The molecule has 3 aliphatic rings. The highest BCUT2D eigenvalue weighted by molar-refractivity contribution is 5.92. The Labute approximate surface area is 163 Å². The van der Waals surface area contributed by atoms with Crippen LogP contribution in [0.25, 0.3) is 0 Å². The van der Waals surface area contributed by atoms with Gasteiger partial charge in [0.05, 0.1) is 18.7 Å². The van der Waals surface area contributed by atoms with Gasteiger partial charge < -0.3 is 9.47 Å². The van der Waals surface area contributed by atoms with Gasteiger partial charge in [-0.1, -0.05) is 66.8 Å². The minimum Gasteiger partial charge on any atom is -0.466 e. The summed E-state index contributed by atoms with van der Waals surface area (Å²) in [5.41, 5.74) is 1.55. The van der Waals surface area contributed by atoms with Gasteiger partial charge >= 0.3 is 12.1 Å². The molecule has 5 nitrogen and oxygen atoms in total. The maximum atomic E-state index is 12.9. The smallest absolute Gasteiger partial charge is 0.416 e. The number of methoxy groups -OCH3 is 1. The van der Waals surface area contributed by atoms with Gasteiger partial charge in [-0.3, -0.25) is 4.90 Å². The highest BCUT2D eigenvalue weighted by Gasteiger charge is 2.40. The molecule has 28 heavy (non-hydrogen) atoms. The van der Waals surface area contributed by atoms with E-state index in [0.717, 1.165) is 5.56 Å². The lowest BCUT2D eigenvalue weighted by atomic mass is 9.85. The first-order chi connectivity index (χ1) is 13.7. The largest absolute Gasteiger partial charge is 0.466 e. The van der Waals surface area contributed by atoms with E-state index >= 15 is 0 Å². The van der Waals surface area contributed by atoms with E-state index in [-0.39, 0.29) is 11.8 Å². The molecule has 5 rings (SSSR count). The van der Waals surface area contributed by atoms with Crippen LogP contribution in [0, 0.1) is 5.92 Å². The summed E-state index contributed by atoms with van der Waals surface area (Å²) >= 11 is 0. The molecule has 2 aliphatic heterocycles. The van der Waals surface area contributed by atoms with Crippen molar-refractivity contribution in [2.75, 3.05) is 13.7 Å². The molecule has 0 aromatic heterocycles. The van der Waals surface area contributed by atoms with Crippen molar-refractivity contribution in [2.45, 2.75) is 12.0 Å². The zero-order chi connectivity index (χ0) is 19.5. The summed E-state index contributed by atoms with van der Waals surface area (Å²) in [5.74, 6) is 0.0608. The molecule has 0 N–H and O–H groups in total. The number of nitrogens with zero attached hydrogens (tertiary/aromatic N) is 1. The number of hydrogen-bond donors (Lipinski definition) is 0. The molecule has 142 valence electrons. The second-order valence-electron chi connectivity index (χ2n) is 6.88. The van der Waals surface area contributed by atoms with Gasteiger partial charge in [0.15, 0.2) is 0 Å². The van der Waals surface area contributed by atoms with Crippen molar-refractivity contribution in [1.82, 2.24) is 4.90 Å². The Kier molecular flexibility index (Phi) is 4.98. The van der Waals surface area contributed by atoms with E-state index in [2.05, 4.69) is 6.08 Å². The van der Waals surface area contributed by atoms with Crippen molar-refractivity contribution in [3.05, 3.63) is 90.0 Å². The van der Waals surface area contributed by atoms with Crippen molar-refractivity contribution >= 4 is 12.1 Å². The van der Waals surface area contributed by atoms with Crippen molar-refractivity contribution in [1.29, 1.82) is 0 Å². The number of hydrogen-bond acceptors (Lipinski definition) is 4. The van der Waals surface area contributed by atoms with Crippen molar-refractivity contribution in [3.63, 3.8) is 0 Å². The average Bonchev–Trinajstić information content (AvgIpc) is 3.03. The van der Waals surface area contributed by atoms with Gasteiger partial charge in [-0.25, -0.2) is 9.59 Å². The van der Waals surface area contributed by atoms with Crippen LogP contribution in [0.2, 0.25) is 0 Å². The Morgan fingerprint density at radius 1 is 0.964 bits per heavy atom. The first kappa shape index (κ1) is 18.0. The number of rotatable bonds is 3. The summed E-state index contributed by atoms with van der Waals surface area (Å²) in [6.45, 7) is 0.462. The molecule has 1 unspecified atom stereocenters. The summed E-state index contributed by atoms with van der Waals surface area (Å²) < 4.78 is 10.5. The highest BCUT2D eigenvalue weighted by atomic mass is 16.6. The third kappa shape index (κ3) is 3.43. The molecular weight excluding hydrogens is 354 g/mol. The highest BCUT2D eigenvalue weighted by Crippen LogP contribution is 2.38. The van der Waals surface area contributed by atoms with Crippen molar-refractivity contribution in [2.24, 2.45) is 5.92 Å². The Hall–Kier alpha value is -3.34. The van der Waals surface area contributed by atoms with Crippen LogP contribution in [0.5, 0.6) is 5.75 Å². The topological polar surface area (TPSA) is 55.8 Å². The Morgan fingerprint density at radius 2 is 1.64 bits per heavy atom. The van der Waals surface area contributed by atoms with Gasteiger partial charge in [0.2, 0.25) is 0 Å². The summed E-state index contributed by atoms with van der Waals surface area (Å²) in [4.78, 5) is 27.0. The third-order valence-corrected chi connectivity index (χ3v) is 5.21. The molecule has 0 radical (unpaired) electrons. The van der Waals surface area contributed by atoms with Gasteiger partial charge in [0, 0.05) is 18.4 Å². The van der Waals surface area contributed by atoms with Gasteiger partial charge in [-0.15, -0.1) is 0 Å². The molecule has 0 spiro atoms. The number of benzene rings is 2. The number of allylic oxidation sites excluding steroid dienone is 1. The van der Waals surface area contributed by atoms with Gasteiger partial charge in [0.25, 0.3) is 0 Å². The number of carbonyl (C=O) groups excluding carboxylic acids is 2. The maximum absolute atomic E-state index is 12.9. The second-order valence-corrected chi connectivity index (χ2v) is 6.88. The maximum Gasteiger partial charge on any atom is 0.416 e. The Morgan fingerprint density at radius 3 is 2.32 bits per heavy atom. The molecule has 2 bridgehead atoms. The first-order valence-corrected chi connectivity index (χ1v) is 9.24. The zero-order valence-electron chi connectivity index (χ0n) is 15.5. The molecule has 2 heterocycles. The standard InChI is InChI=1S/C23H21NO4/c1-27-22(25)20-14-19(16-8-4-2-5-9-16)17-12-13-21(20)24(15-17)23(26)28-18-10-6-3-7-11-18/h2-14,17,19,21H,15H2,1H3/t17-,19?,21-/m1/s1. The summed E-state index contributed by atoms with van der Waals surface area (Å²) in [7, 11) is 1.36. The summed E-state index contributed by atoms with van der Waals surface area (Å²) in [5, 5.41) is 0. The molecule has 5 heteroatoms. The minimum absolute atomic E-state index is 0.0222. The molecule has 0 saturated carbocycles. The fraction of sp³-hybridized carbons (Fsp3) is 0.217. The van der Waals surface area contributed by atoms with Crippen LogP contribution in [0.3, 0.4) is 0 Å². The number of esters is 1. The number of para-hydroxylation sites is 1. The van der Waals surface area contributed by atoms with Crippen molar-refractivity contribution < 1.29 is 19.1 Å². The van der Waals surface area contributed by atoms with Crippen LogP contribution in [0.4, 0.5) is 4.79 Å². The predicted octanol–water partition coefficient (Wildman–Crippen LogP) is 3.94. The molecule has 2 aromatic carbocycles. The van der Waals surface area contributed by atoms with Crippen LogP contribution in [0.1, 0.15) is 11.5 Å². The molecule has 1 aliphatic carbocycles. The monoisotopic (exact) mass is 375 g/mol. The van der Waals surface area contributed by atoms with Crippen LogP contribution >= 0.6 is 0 Å². The van der Waals surface area contributed by atoms with E-state index in [1.165, 1.54) is 7.11 Å². The molecule has 3 atom stereocenters. The van der Waals surface area contributed by atoms with Crippen LogP contribution in [-0.4, -0.2) is 36.7 Å². The Bertz CT molecular complexity index is 920. The van der Waals surface area contributed by atoms with E-state index in [4.69, 9.17) is 9.47 Å². The van der Waals surface area contributed by atoms with Crippen LogP contribution in [0.15, 0.2) is 84.5 Å². The number of fused-ring (bicyclic) bond motifs is 2. The molecular formula is C23H21NO4. The lowest BCUT2D eigenvalue weighted by molar-refractivity contribution is -0.136. The van der Waals surface area contributed by atoms with E-state index in [0.29, 0.717) is 17.9 Å². The van der Waals surface area contributed by atoms with Crippen molar-refractivity contribution in [3.8, 4) is 5.75 Å². The molecule has 0 saturated heterocycles. The third-order valence-electron chi connectivity index (χ3n) is 5.21. The van der Waals surface area contributed by atoms with Crippen LogP contribution in [-0.2, 0) is 9.53 Å².